The van der Waals surface area contributed by atoms with Crippen LogP contribution in [0.1, 0.15) is 10.4 Å². The first-order valence-corrected chi connectivity index (χ1v) is 3.44. The van der Waals surface area contributed by atoms with Crippen LogP contribution in [0.25, 0.3) is 0 Å². The van der Waals surface area contributed by atoms with E-state index in [2.05, 4.69) is 10.4 Å². The maximum Gasteiger partial charge on any atom is 0.241 e. The molecule has 1 rings (SSSR count). The Hall–Kier alpha value is -1.65. The summed E-state index contributed by atoms with van der Waals surface area (Å²) < 4.78 is 1.41. The van der Waals surface area contributed by atoms with E-state index in [4.69, 9.17) is 0 Å². The molecular weight excluding hydrogens is 158 g/mol. The number of aromatic nitrogens is 2. The van der Waals surface area contributed by atoms with Crippen LogP contribution in [0, 0.1) is 0 Å². The maximum atomic E-state index is 10.8. The third kappa shape index (κ3) is 1.91. The molecular formula is C7H9N3O2. The number of amides is 1. The molecule has 0 unspecified atom stereocenters. The largest absolute Gasteiger partial charge is 0.358 e. The number of hydrogen-bond donors (Lipinski definition) is 1. The second kappa shape index (κ2) is 3.66. The Balaban J connectivity index is 2.63. The molecule has 0 saturated carbocycles. The number of nitrogens with one attached hydrogen (secondary N) is 1. The van der Waals surface area contributed by atoms with Crippen LogP contribution in [0.3, 0.4) is 0 Å². The molecule has 1 N–H and O–H groups in total. The van der Waals surface area contributed by atoms with Gasteiger partial charge in [-0.15, -0.1) is 0 Å². The van der Waals surface area contributed by atoms with Crippen LogP contribution in [-0.2, 0) is 11.3 Å². The van der Waals surface area contributed by atoms with E-state index >= 15 is 0 Å². The predicted octanol–water partition coefficient (Wildman–Crippen LogP) is -0.558. The molecule has 0 radical (unpaired) electrons. The zero-order valence-corrected chi connectivity index (χ0v) is 6.65. The fourth-order valence-corrected chi connectivity index (χ4v) is 0.753. The monoisotopic (exact) mass is 167 g/mol. The van der Waals surface area contributed by atoms with E-state index in [-0.39, 0.29) is 12.5 Å². The Bertz CT molecular complexity index is 293. The molecule has 1 aromatic heterocycles. The van der Waals surface area contributed by atoms with E-state index in [0.717, 1.165) is 0 Å². The first-order chi connectivity index (χ1) is 5.76. The lowest BCUT2D eigenvalue weighted by atomic mass is 10.4. The van der Waals surface area contributed by atoms with Crippen LogP contribution in [0.15, 0.2) is 12.4 Å². The minimum absolute atomic E-state index is 0.143. The van der Waals surface area contributed by atoms with E-state index in [9.17, 15) is 9.59 Å². The van der Waals surface area contributed by atoms with Crippen LogP contribution in [0.4, 0.5) is 0 Å². The summed E-state index contributed by atoms with van der Waals surface area (Å²) in [6.07, 6.45) is 3.62. The fraction of sp³-hybridized carbons (Fsp3) is 0.286. The summed E-state index contributed by atoms with van der Waals surface area (Å²) in [7, 11) is 1.55. The number of hydrogen-bond acceptors (Lipinski definition) is 3. The number of carbonyl (C=O) groups excluding carboxylic acids is 2. The van der Waals surface area contributed by atoms with Crippen LogP contribution >= 0.6 is 0 Å². The normalized spacial score (nSPS) is 9.42. The molecule has 1 aromatic rings. The first-order valence-electron chi connectivity index (χ1n) is 3.44. The van der Waals surface area contributed by atoms with Gasteiger partial charge >= 0.3 is 0 Å². The van der Waals surface area contributed by atoms with Crippen molar-refractivity contribution in [2.45, 2.75) is 6.54 Å². The molecule has 0 fully saturated rings. The molecule has 0 saturated heterocycles. The highest BCUT2D eigenvalue weighted by molar-refractivity contribution is 5.76. The highest BCUT2D eigenvalue weighted by Crippen LogP contribution is 1.92. The van der Waals surface area contributed by atoms with Crippen molar-refractivity contribution in [1.82, 2.24) is 15.1 Å². The van der Waals surface area contributed by atoms with Gasteiger partial charge in [0.25, 0.3) is 0 Å². The van der Waals surface area contributed by atoms with Crippen LogP contribution in [0.2, 0.25) is 0 Å². The predicted molar refractivity (Wildman–Crippen MR) is 41.7 cm³/mol. The van der Waals surface area contributed by atoms with Crippen LogP contribution in [0.5, 0.6) is 0 Å². The Kier molecular flexibility index (Phi) is 2.57. The summed E-state index contributed by atoms with van der Waals surface area (Å²) in [6.45, 7) is 0.143. The minimum atomic E-state index is -0.143. The molecule has 1 heterocycles. The number of carbonyl (C=O) groups is 2. The van der Waals surface area contributed by atoms with Gasteiger partial charge in [-0.25, -0.2) is 0 Å². The second-order valence-electron chi connectivity index (χ2n) is 2.26. The summed E-state index contributed by atoms with van der Waals surface area (Å²) in [4.78, 5) is 21.0. The summed E-state index contributed by atoms with van der Waals surface area (Å²) >= 11 is 0. The number of nitrogens with zero attached hydrogens (tertiary/aromatic N) is 2. The van der Waals surface area contributed by atoms with Crippen LogP contribution < -0.4 is 5.32 Å². The fourth-order valence-electron chi connectivity index (χ4n) is 0.753. The lowest BCUT2D eigenvalue weighted by molar-refractivity contribution is -0.121. The van der Waals surface area contributed by atoms with Crippen LogP contribution in [-0.4, -0.2) is 29.0 Å². The highest BCUT2D eigenvalue weighted by Gasteiger charge is 2.00. The Labute approximate surface area is 69.4 Å². The minimum Gasteiger partial charge on any atom is -0.358 e. The zero-order valence-electron chi connectivity index (χ0n) is 6.65. The van der Waals surface area contributed by atoms with Crippen molar-refractivity contribution in [3.8, 4) is 0 Å². The van der Waals surface area contributed by atoms with Crippen molar-refractivity contribution < 1.29 is 9.59 Å². The molecule has 5 heteroatoms. The second-order valence-corrected chi connectivity index (χ2v) is 2.26. The number of likely N-dealkylation sites (N-methyl/N-ethyl adjacent to an activating group) is 1. The van der Waals surface area contributed by atoms with Crippen molar-refractivity contribution >= 4 is 12.2 Å². The molecule has 0 aliphatic rings. The van der Waals surface area contributed by atoms with E-state index < -0.39 is 0 Å². The standard InChI is InChI=1S/C7H9N3O2/c1-8-7(12)4-10-3-6(5-11)2-9-10/h2-3,5H,4H2,1H3,(H,8,12). The molecule has 0 aliphatic heterocycles. The van der Waals surface area contributed by atoms with Gasteiger partial charge in [-0.05, 0) is 0 Å². The third-order valence-corrected chi connectivity index (χ3v) is 1.37. The maximum absolute atomic E-state index is 10.8. The topological polar surface area (TPSA) is 64.0 Å². The number of aldehydes is 1. The molecule has 5 nitrogen and oxygen atoms in total. The molecule has 0 atom stereocenters. The molecule has 0 aromatic carbocycles. The van der Waals surface area contributed by atoms with Crippen molar-refractivity contribution in [2.24, 2.45) is 0 Å². The SMILES string of the molecule is CNC(=O)Cn1cc(C=O)cn1. The van der Waals surface area contributed by atoms with Gasteiger partial charge in [0.15, 0.2) is 6.29 Å². The van der Waals surface area contributed by atoms with Crippen molar-refractivity contribution in [3.63, 3.8) is 0 Å². The smallest absolute Gasteiger partial charge is 0.241 e. The van der Waals surface area contributed by atoms with Gasteiger partial charge in [0, 0.05) is 13.2 Å². The zero-order chi connectivity index (χ0) is 8.97. The summed E-state index contributed by atoms with van der Waals surface area (Å²) in [5.74, 6) is -0.143. The van der Waals surface area contributed by atoms with Gasteiger partial charge in [0.05, 0.1) is 11.8 Å². The van der Waals surface area contributed by atoms with Crippen molar-refractivity contribution in [1.29, 1.82) is 0 Å². The summed E-state index contributed by atoms with van der Waals surface area (Å²) in [5, 5.41) is 6.25. The van der Waals surface area contributed by atoms with Crippen molar-refractivity contribution in [2.75, 3.05) is 7.05 Å². The highest BCUT2D eigenvalue weighted by atomic mass is 16.2. The third-order valence-electron chi connectivity index (χ3n) is 1.37. The van der Waals surface area contributed by atoms with E-state index in [1.54, 1.807) is 7.05 Å². The average molecular weight is 167 g/mol. The van der Waals surface area contributed by atoms with E-state index in [1.807, 2.05) is 0 Å². The van der Waals surface area contributed by atoms with Gasteiger partial charge < -0.3 is 5.32 Å². The number of rotatable bonds is 3. The summed E-state index contributed by atoms with van der Waals surface area (Å²) in [5.41, 5.74) is 0.471. The van der Waals surface area contributed by atoms with Gasteiger partial charge in [-0.1, -0.05) is 0 Å². The lowest BCUT2D eigenvalue weighted by Crippen LogP contribution is -2.23. The average Bonchev–Trinajstić information content (AvgIpc) is 2.52. The molecule has 12 heavy (non-hydrogen) atoms. The molecule has 64 valence electrons. The van der Waals surface area contributed by atoms with Crippen molar-refractivity contribution in [3.05, 3.63) is 18.0 Å². The molecule has 0 spiro atoms. The van der Waals surface area contributed by atoms with Gasteiger partial charge in [0.1, 0.15) is 6.54 Å². The Morgan fingerprint density at radius 2 is 2.58 bits per heavy atom. The van der Waals surface area contributed by atoms with E-state index in [0.29, 0.717) is 11.8 Å². The van der Waals surface area contributed by atoms with E-state index in [1.165, 1.54) is 17.1 Å². The molecule has 1 amide bonds. The van der Waals surface area contributed by atoms with Gasteiger partial charge in [-0.2, -0.15) is 5.10 Å². The molecule has 0 aliphatic carbocycles. The quantitative estimate of drug-likeness (QED) is 0.614. The summed E-state index contributed by atoms with van der Waals surface area (Å²) in [6, 6.07) is 0. The molecule has 0 bridgehead atoms. The Morgan fingerprint density at radius 3 is 3.08 bits per heavy atom. The van der Waals surface area contributed by atoms with Gasteiger partial charge in [0.2, 0.25) is 5.91 Å². The van der Waals surface area contributed by atoms with Gasteiger partial charge in [-0.3, -0.25) is 14.3 Å². The first kappa shape index (κ1) is 8.45. The Morgan fingerprint density at radius 1 is 1.83 bits per heavy atom. The lowest BCUT2D eigenvalue weighted by Gasteiger charge is -1.97.